The maximum atomic E-state index is 10.7. The number of hydrogen-bond acceptors (Lipinski definition) is 4. The van der Waals surface area contributed by atoms with Gasteiger partial charge in [0.15, 0.2) is 0 Å². The molecule has 0 saturated heterocycles. The number of isocyanates is 2. The van der Waals surface area contributed by atoms with Gasteiger partial charge >= 0.3 is 0 Å². The molecule has 0 fully saturated rings. The van der Waals surface area contributed by atoms with Crippen LogP contribution < -0.4 is 0 Å². The summed E-state index contributed by atoms with van der Waals surface area (Å²) in [6.07, 6.45) is 3.26. The molecule has 0 aliphatic heterocycles. The number of hydrogen-bond donors (Lipinski definition) is 0. The second kappa shape index (κ2) is 8.62. The van der Waals surface area contributed by atoms with E-state index in [9.17, 15) is 9.59 Å². The summed E-state index contributed by atoms with van der Waals surface area (Å²) in [6.45, 7) is 7.95. The van der Waals surface area contributed by atoms with Crippen molar-refractivity contribution in [3.63, 3.8) is 0 Å². The molecule has 29 heavy (non-hydrogen) atoms. The van der Waals surface area contributed by atoms with Gasteiger partial charge in [0.1, 0.15) is 0 Å². The largest absolute Gasteiger partial charge is 0.240 e. The molecule has 0 N–H and O–H groups in total. The Balaban J connectivity index is 2.29. The second-order valence-electron chi connectivity index (χ2n) is 7.24. The van der Waals surface area contributed by atoms with Gasteiger partial charge in [-0.05, 0) is 78.8 Å². The van der Waals surface area contributed by atoms with Crippen molar-refractivity contribution < 1.29 is 9.59 Å². The van der Waals surface area contributed by atoms with E-state index in [1.54, 1.807) is 12.2 Å². The maximum Gasteiger partial charge on any atom is 0.240 e. The van der Waals surface area contributed by atoms with Gasteiger partial charge in [0, 0.05) is 5.92 Å². The predicted octanol–water partition coefficient (Wildman–Crippen LogP) is 6.04. The Kier molecular flexibility index (Phi) is 5.99. The lowest BCUT2D eigenvalue weighted by Gasteiger charge is -2.24. The summed E-state index contributed by atoms with van der Waals surface area (Å²) in [5.41, 5.74) is 8.67. The number of aryl methyl sites for hydroxylation is 4. The quantitative estimate of drug-likeness (QED) is 0.307. The molecule has 3 aromatic rings. The first-order valence-corrected chi connectivity index (χ1v) is 9.39. The minimum atomic E-state index is -0.00267. The zero-order chi connectivity index (χ0) is 21.0. The number of aliphatic imine (C=N–C) groups is 2. The Hall–Kier alpha value is -3.58. The monoisotopic (exact) mass is 382 g/mol. The molecule has 0 saturated carbocycles. The van der Waals surface area contributed by atoms with E-state index in [4.69, 9.17) is 0 Å². The van der Waals surface area contributed by atoms with Crippen LogP contribution in [0.5, 0.6) is 0 Å². The number of nitrogens with zero attached hydrogens (tertiary/aromatic N) is 2. The summed E-state index contributed by atoms with van der Waals surface area (Å²) < 4.78 is 0. The van der Waals surface area contributed by atoms with E-state index < -0.39 is 0 Å². The molecule has 0 aliphatic carbocycles. The minimum absolute atomic E-state index is 0.00267. The zero-order valence-electron chi connectivity index (χ0n) is 17.0. The fourth-order valence-electron chi connectivity index (χ4n) is 3.78. The summed E-state index contributed by atoms with van der Waals surface area (Å²) >= 11 is 0. The van der Waals surface area contributed by atoms with Crippen molar-refractivity contribution in [3.8, 4) is 0 Å². The van der Waals surface area contributed by atoms with Crippen molar-refractivity contribution >= 4 is 23.5 Å². The Bertz CT molecular complexity index is 1080. The SMILES string of the molecule is Cc1cc(C(c2ccccc2)c2cc(C)c(N=C=O)cc2C)c(C)cc1N=C=O. The van der Waals surface area contributed by atoms with Crippen LogP contribution in [0.25, 0.3) is 0 Å². The van der Waals surface area contributed by atoms with Gasteiger partial charge in [-0.1, -0.05) is 42.5 Å². The van der Waals surface area contributed by atoms with Crippen LogP contribution in [0.15, 0.2) is 64.6 Å². The molecule has 0 spiro atoms. The van der Waals surface area contributed by atoms with E-state index in [0.29, 0.717) is 11.4 Å². The Morgan fingerprint density at radius 1 is 0.655 bits per heavy atom. The maximum absolute atomic E-state index is 10.7. The van der Waals surface area contributed by atoms with Crippen LogP contribution in [-0.4, -0.2) is 12.2 Å². The summed E-state index contributed by atoms with van der Waals surface area (Å²) in [6, 6.07) is 18.3. The van der Waals surface area contributed by atoms with Crippen LogP contribution in [0.3, 0.4) is 0 Å². The second-order valence-corrected chi connectivity index (χ2v) is 7.24. The summed E-state index contributed by atoms with van der Waals surface area (Å²) in [5, 5.41) is 0. The van der Waals surface area contributed by atoms with E-state index in [2.05, 4.69) is 34.3 Å². The molecular weight excluding hydrogens is 360 g/mol. The lowest BCUT2D eigenvalue weighted by molar-refractivity contribution is 0.564. The lowest BCUT2D eigenvalue weighted by Crippen LogP contribution is -2.08. The summed E-state index contributed by atoms with van der Waals surface area (Å²) in [5.74, 6) is -0.00267. The fourth-order valence-corrected chi connectivity index (χ4v) is 3.78. The normalized spacial score (nSPS) is 11.3. The van der Waals surface area contributed by atoms with Gasteiger partial charge in [-0.2, -0.15) is 9.98 Å². The van der Waals surface area contributed by atoms with Gasteiger partial charge in [-0.25, -0.2) is 9.59 Å². The highest BCUT2D eigenvalue weighted by atomic mass is 16.1. The van der Waals surface area contributed by atoms with E-state index >= 15 is 0 Å². The highest BCUT2D eigenvalue weighted by Gasteiger charge is 2.22. The summed E-state index contributed by atoms with van der Waals surface area (Å²) in [4.78, 5) is 29.1. The van der Waals surface area contributed by atoms with Gasteiger partial charge in [0.25, 0.3) is 0 Å². The van der Waals surface area contributed by atoms with Gasteiger partial charge < -0.3 is 0 Å². The molecule has 144 valence electrons. The molecule has 3 rings (SSSR count). The van der Waals surface area contributed by atoms with E-state index in [1.165, 1.54) is 0 Å². The van der Waals surface area contributed by atoms with Gasteiger partial charge in [-0.15, -0.1) is 0 Å². The van der Waals surface area contributed by atoms with Crippen molar-refractivity contribution in [1.29, 1.82) is 0 Å². The molecule has 0 aromatic heterocycles. The molecular formula is C25H22N2O2. The van der Waals surface area contributed by atoms with Crippen molar-refractivity contribution in [3.05, 3.63) is 93.5 Å². The van der Waals surface area contributed by atoms with Gasteiger partial charge in [0.2, 0.25) is 12.2 Å². The summed E-state index contributed by atoms with van der Waals surface area (Å²) in [7, 11) is 0. The standard InChI is InChI=1S/C25H22N2O2/c1-16-12-23(26-14-28)18(3)10-21(16)25(20-8-6-5-7-9-20)22-11-19(4)24(27-15-29)13-17(22)2/h5-13,25H,1-4H3. The average molecular weight is 382 g/mol. The first-order valence-electron chi connectivity index (χ1n) is 9.39. The molecule has 0 bridgehead atoms. The highest BCUT2D eigenvalue weighted by molar-refractivity contribution is 5.62. The van der Waals surface area contributed by atoms with Crippen LogP contribution in [0, 0.1) is 27.7 Å². The first kappa shape index (κ1) is 20.2. The molecule has 0 radical (unpaired) electrons. The molecule has 0 atom stereocenters. The van der Waals surface area contributed by atoms with E-state index in [1.807, 2.05) is 58.0 Å². The lowest BCUT2D eigenvalue weighted by atomic mass is 9.80. The third kappa shape index (κ3) is 4.14. The zero-order valence-corrected chi connectivity index (χ0v) is 17.0. The van der Waals surface area contributed by atoms with Crippen LogP contribution in [0.1, 0.15) is 44.9 Å². The number of rotatable bonds is 5. The predicted molar refractivity (Wildman–Crippen MR) is 115 cm³/mol. The molecule has 0 amide bonds. The third-order valence-corrected chi connectivity index (χ3v) is 5.26. The van der Waals surface area contributed by atoms with Gasteiger partial charge in [0.05, 0.1) is 11.4 Å². The smallest absolute Gasteiger partial charge is 0.211 e. The average Bonchev–Trinajstić information content (AvgIpc) is 2.70. The molecule has 4 nitrogen and oxygen atoms in total. The Labute approximate surface area is 170 Å². The van der Waals surface area contributed by atoms with Gasteiger partial charge in [-0.3, -0.25) is 0 Å². The molecule has 0 heterocycles. The van der Waals surface area contributed by atoms with E-state index in [0.717, 1.165) is 38.9 Å². The number of carbonyl (C=O) groups excluding carboxylic acids is 2. The van der Waals surface area contributed by atoms with Crippen LogP contribution >= 0.6 is 0 Å². The van der Waals surface area contributed by atoms with Crippen molar-refractivity contribution in [2.24, 2.45) is 9.98 Å². The van der Waals surface area contributed by atoms with Crippen molar-refractivity contribution in [2.75, 3.05) is 0 Å². The van der Waals surface area contributed by atoms with Crippen LogP contribution in [-0.2, 0) is 9.59 Å². The Morgan fingerprint density at radius 3 is 1.52 bits per heavy atom. The third-order valence-electron chi connectivity index (χ3n) is 5.26. The first-order chi connectivity index (χ1) is 14.0. The topological polar surface area (TPSA) is 58.9 Å². The van der Waals surface area contributed by atoms with Crippen molar-refractivity contribution in [2.45, 2.75) is 33.6 Å². The number of benzene rings is 3. The van der Waals surface area contributed by atoms with Crippen LogP contribution in [0.4, 0.5) is 11.4 Å². The molecule has 0 unspecified atom stereocenters. The molecule has 0 aliphatic rings. The van der Waals surface area contributed by atoms with E-state index in [-0.39, 0.29) is 5.92 Å². The Morgan fingerprint density at radius 2 is 1.10 bits per heavy atom. The van der Waals surface area contributed by atoms with Crippen molar-refractivity contribution in [1.82, 2.24) is 0 Å². The minimum Gasteiger partial charge on any atom is -0.211 e. The molecule has 3 aromatic carbocycles. The fraction of sp³-hybridized carbons (Fsp3) is 0.200. The van der Waals surface area contributed by atoms with Crippen LogP contribution in [0.2, 0.25) is 0 Å². The molecule has 4 heteroatoms. The highest BCUT2D eigenvalue weighted by Crippen LogP contribution is 2.39.